The molecule has 80 valence electrons. The molecule has 1 atom stereocenters. The molecule has 0 amide bonds. The fourth-order valence-corrected chi connectivity index (χ4v) is 1.52. The van der Waals surface area contributed by atoms with Crippen molar-refractivity contribution in [2.45, 2.75) is 6.04 Å². The number of hydrogen-bond donors (Lipinski definition) is 1. The largest absolute Gasteiger partial charge is 0.363 e. The van der Waals surface area contributed by atoms with Crippen LogP contribution in [0.15, 0.2) is 53.8 Å². The first-order valence-corrected chi connectivity index (χ1v) is 4.88. The van der Waals surface area contributed by atoms with Crippen LogP contribution in [0.1, 0.15) is 22.1 Å². The predicted molar refractivity (Wildman–Crippen MR) is 60.1 cm³/mol. The van der Waals surface area contributed by atoms with E-state index in [0.717, 1.165) is 0 Å². The summed E-state index contributed by atoms with van der Waals surface area (Å²) in [6, 6.07) is 11.1. The van der Waals surface area contributed by atoms with Crippen molar-refractivity contribution in [2.24, 2.45) is 5.18 Å². The van der Waals surface area contributed by atoms with Gasteiger partial charge in [-0.05, 0) is 12.1 Å². The average Bonchev–Trinajstić information content (AvgIpc) is 2.85. The SMILES string of the molecule is O=NC(C(=O)c1ccccc1)c1ccc[nH]1. The fourth-order valence-electron chi connectivity index (χ4n) is 1.52. The van der Waals surface area contributed by atoms with Crippen molar-refractivity contribution in [3.05, 3.63) is 64.8 Å². The maximum absolute atomic E-state index is 12.0. The standard InChI is InChI=1S/C12H10N2O2/c15-12(9-5-2-1-3-6-9)11(14-16)10-7-4-8-13-10/h1-8,11,13H. The van der Waals surface area contributed by atoms with Gasteiger partial charge in [0.15, 0.2) is 11.8 Å². The summed E-state index contributed by atoms with van der Waals surface area (Å²) < 4.78 is 0. The van der Waals surface area contributed by atoms with Gasteiger partial charge in [-0.3, -0.25) is 4.79 Å². The first-order chi connectivity index (χ1) is 7.83. The van der Waals surface area contributed by atoms with Gasteiger partial charge in [0.05, 0.1) is 5.69 Å². The van der Waals surface area contributed by atoms with Crippen molar-refractivity contribution in [1.29, 1.82) is 0 Å². The molecule has 1 N–H and O–H groups in total. The van der Waals surface area contributed by atoms with Gasteiger partial charge in [0.1, 0.15) is 0 Å². The highest BCUT2D eigenvalue weighted by molar-refractivity contribution is 6.00. The van der Waals surface area contributed by atoms with Gasteiger partial charge in [0.25, 0.3) is 0 Å². The molecule has 1 aromatic heterocycles. The summed E-state index contributed by atoms with van der Waals surface area (Å²) in [6.45, 7) is 0. The Morgan fingerprint density at radius 3 is 2.44 bits per heavy atom. The summed E-state index contributed by atoms with van der Waals surface area (Å²) in [4.78, 5) is 25.5. The number of nitrogens with one attached hydrogen (secondary N) is 1. The Morgan fingerprint density at radius 1 is 1.12 bits per heavy atom. The molecule has 0 spiro atoms. The Balaban J connectivity index is 2.30. The normalized spacial score (nSPS) is 12.0. The molecule has 0 bridgehead atoms. The van der Waals surface area contributed by atoms with E-state index in [0.29, 0.717) is 11.3 Å². The van der Waals surface area contributed by atoms with Crippen LogP contribution < -0.4 is 0 Å². The van der Waals surface area contributed by atoms with Crippen LogP contribution in [0.4, 0.5) is 0 Å². The van der Waals surface area contributed by atoms with E-state index in [-0.39, 0.29) is 5.78 Å². The number of ketones is 1. The molecule has 4 nitrogen and oxygen atoms in total. The third kappa shape index (κ3) is 1.91. The van der Waals surface area contributed by atoms with Crippen molar-refractivity contribution < 1.29 is 4.79 Å². The maximum Gasteiger partial charge on any atom is 0.197 e. The van der Waals surface area contributed by atoms with Gasteiger partial charge in [0, 0.05) is 11.8 Å². The molecule has 2 aromatic rings. The maximum atomic E-state index is 12.0. The second kappa shape index (κ2) is 4.53. The van der Waals surface area contributed by atoms with Crippen LogP contribution in [0.2, 0.25) is 0 Å². The Bertz CT molecular complexity index is 477. The highest BCUT2D eigenvalue weighted by Crippen LogP contribution is 2.20. The zero-order valence-electron chi connectivity index (χ0n) is 8.46. The highest BCUT2D eigenvalue weighted by Gasteiger charge is 2.23. The number of hydrogen-bond acceptors (Lipinski definition) is 3. The first-order valence-electron chi connectivity index (χ1n) is 4.88. The molecular formula is C12H10N2O2. The fraction of sp³-hybridized carbons (Fsp3) is 0.0833. The lowest BCUT2D eigenvalue weighted by Gasteiger charge is -2.05. The number of carbonyl (C=O) groups excluding carboxylic acids is 1. The Morgan fingerprint density at radius 2 is 1.88 bits per heavy atom. The summed E-state index contributed by atoms with van der Waals surface area (Å²) >= 11 is 0. The van der Waals surface area contributed by atoms with Gasteiger partial charge in [-0.15, -0.1) is 4.91 Å². The number of nitrogens with zero attached hydrogens (tertiary/aromatic N) is 1. The molecule has 0 aliphatic carbocycles. The molecule has 2 rings (SSSR count). The molecule has 0 radical (unpaired) electrons. The average molecular weight is 214 g/mol. The molecule has 1 unspecified atom stereocenters. The van der Waals surface area contributed by atoms with Gasteiger partial charge < -0.3 is 4.98 Å². The monoisotopic (exact) mass is 214 g/mol. The third-order valence-electron chi connectivity index (χ3n) is 2.33. The molecule has 1 aromatic carbocycles. The second-order valence-corrected chi connectivity index (χ2v) is 3.36. The Kier molecular flexibility index (Phi) is 2.91. The number of rotatable bonds is 4. The molecule has 0 fully saturated rings. The van der Waals surface area contributed by atoms with E-state index in [1.165, 1.54) is 0 Å². The van der Waals surface area contributed by atoms with Gasteiger partial charge in [0.2, 0.25) is 0 Å². The Hall–Kier alpha value is -2.23. The number of H-pyrrole nitrogens is 1. The molecule has 0 aliphatic heterocycles. The highest BCUT2D eigenvalue weighted by atomic mass is 16.3. The van der Waals surface area contributed by atoms with Crippen molar-refractivity contribution >= 4 is 5.78 Å². The van der Waals surface area contributed by atoms with Crippen LogP contribution in [0.25, 0.3) is 0 Å². The number of aromatic nitrogens is 1. The van der Waals surface area contributed by atoms with E-state index >= 15 is 0 Å². The summed E-state index contributed by atoms with van der Waals surface area (Å²) in [5.41, 5.74) is 1.01. The molecule has 4 heteroatoms. The number of Topliss-reactive ketones (excluding diaryl/α,β-unsaturated/α-hetero) is 1. The molecule has 0 aliphatic rings. The third-order valence-corrected chi connectivity index (χ3v) is 2.33. The Labute approximate surface area is 92.3 Å². The summed E-state index contributed by atoms with van der Waals surface area (Å²) in [5.74, 6) is -0.293. The quantitative estimate of drug-likeness (QED) is 0.628. The van der Waals surface area contributed by atoms with Crippen molar-refractivity contribution in [3.8, 4) is 0 Å². The van der Waals surface area contributed by atoms with E-state index < -0.39 is 6.04 Å². The van der Waals surface area contributed by atoms with Crippen molar-refractivity contribution in [3.63, 3.8) is 0 Å². The lowest BCUT2D eigenvalue weighted by molar-refractivity contribution is 0.0960. The minimum absolute atomic E-state index is 0.293. The topological polar surface area (TPSA) is 62.3 Å². The lowest BCUT2D eigenvalue weighted by atomic mass is 10.0. The minimum Gasteiger partial charge on any atom is -0.363 e. The number of carbonyl (C=O) groups is 1. The van der Waals surface area contributed by atoms with Crippen LogP contribution in [-0.4, -0.2) is 10.8 Å². The van der Waals surface area contributed by atoms with Crippen LogP contribution >= 0.6 is 0 Å². The van der Waals surface area contributed by atoms with Gasteiger partial charge in [-0.1, -0.05) is 35.5 Å². The smallest absolute Gasteiger partial charge is 0.197 e. The molecule has 1 heterocycles. The zero-order valence-corrected chi connectivity index (χ0v) is 8.46. The predicted octanol–water partition coefficient (Wildman–Crippen LogP) is 2.71. The molecule has 16 heavy (non-hydrogen) atoms. The van der Waals surface area contributed by atoms with Gasteiger partial charge in [-0.2, -0.15) is 0 Å². The molecule has 0 saturated heterocycles. The van der Waals surface area contributed by atoms with Crippen LogP contribution in [0.5, 0.6) is 0 Å². The van der Waals surface area contributed by atoms with E-state index in [2.05, 4.69) is 10.2 Å². The van der Waals surface area contributed by atoms with Crippen LogP contribution in [0.3, 0.4) is 0 Å². The minimum atomic E-state index is -0.989. The molecular weight excluding hydrogens is 204 g/mol. The van der Waals surface area contributed by atoms with Crippen LogP contribution in [-0.2, 0) is 0 Å². The van der Waals surface area contributed by atoms with E-state index in [1.807, 2.05) is 6.07 Å². The van der Waals surface area contributed by atoms with E-state index in [4.69, 9.17) is 0 Å². The van der Waals surface area contributed by atoms with E-state index in [9.17, 15) is 9.70 Å². The summed E-state index contributed by atoms with van der Waals surface area (Å²) in [6.07, 6.45) is 1.66. The summed E-state index contributed by atoms with van der Waals surface area (Å²) in [7, 11) is 0. The molecule has 0 saturated carbocycles. The number of aromatic amines is 1. The van der Waals surface area contributed by atoms with E-state index in [1.54, 1.807) is 42.6 Å². The van der Waals surface area contributed by atoms with Gasteiger partial charge in [-0.25, -0.2) is 0 Å². The van der Waals surface area contributed by atoms with Crippen LogP contribution in [0, 0.1) is 4.91 Å². The first kappa shape index (κ1) is 10.3. The number of nitroso groups, excluding NO2 is 1. The second-order valence-electron chi connectivity index (χ2n) is 3.36. The van der Waals surface area contributed by atoms with Gasteiger partial charge >= 0.3 is 0 Å². The summed E-state index contributed by atoms with van der Waals surface area (Å²) in [5, 5.41) is 2.88. The zero-order chi connectivity index (χ0) is 11.4. The van der Waals surface area contributed by atoms with Crippen molar-refractivity contribution in [2.75, 3.05) is 0 Å². The number of benzene rings is 1. The lowest BCUT2D eigenvalue weighted by Crippen LogP contribution is -2.10. The van der Waals surface area contributed by atoms with Crippen molar-refractivity contribution in [1.82, 2.24) is 4.98 Å².